The van der Waals surface area contributed by atoms with Crippen LogP contribution >= 0.6 is 0 Å². The topological polar surface area (TPSA) is 187 Å². The van der Waals surface area contributed by atoms with Crippen molar-refractivity contribution in [2.24, 2.45) is 11.5 Å². The molecule has 3 amide bonds. The number of nitrogen functional groups attached to an aromatic ring is 1. The van der Waals surface area contributed by atoms with Crippen molar-refractivity contribution < 1.29 is 9.59 Å². The number of carbonyl (C=O) groups is 2. The van der Waals surface area contributed by atoms with E-state index in [2.05, 4.69) is 251 Å². The number of urea groups is 1. The van der Waals surface area contributed by atoms with Crippen molar-refractivity contribution in [2.45, 2.75) is 153 Å². The predicted molar refractivity (Wildman–Crippen MR) is 419 cm³/mol. The molecule has 7 N–H and O–H groups in total. The molecule has 0 spiro atoms. The Hall–Kier alpha value is -11.5. The Morgan fingerprint density at radius 3 is 1.38 bits per heavy atom. The van der Waals surface area contributed by atoms with Crippen LogP contribution < -0.4 is 37.2 Å². The van der Waals surface area contributed by atoms with Gasteiger partial charge in [0.15, 0.2) is 0 Å². The van der Waals surface area contributed by atoms with Crippen molar-refractivity contribution >= 4 is 40.4 Å². The lowest BCUT2D eigenvalue weighted by Crippen LogP contribution is -2.23. The second kappa shape index (κ2) is 26.2. The van der Waals surface area contributed by atoms with Crippen LogP contribution in [0.25, 0.3) is 62.0 Å². The third-order valence-corrected chi connectivity index (χ3v) is 21.6. The van der Waals surface area contributed by atoms with Gasteiger partial charge in [0, 0.05) is 87.0 Å². The van der Waals surface area contributed by atoms with Crippen molar-refractivity contribution in [1.82, 2.24) is 29.3 Å². The van der Waals surface area contributed by atoms with E-state index in [1.165, 1.54) is 78.3 Å². The van der Waals surface area contributed by atoms with Crippen LogP contribution in [-0.2, 0) is 51.1 Å². The number of nitrogens with one attached hydrogen (secondary N) is 1. The first-order chi connectivity index (χ1) is 49.4. The van der Waals surface area contributed by atoms with E-state index in [1.807, 2.05) is 48.5 Å². The molecule has 0 saturated heterocycles. The number of rotatable bonds is 17. The second-order valence-corrected chi connectivity index (χ2v) is 30.2. The number of aromatic nitrogens is 6. The maximum atomic E-state index is 12.2. The van der Waals surface area contributed by atoms with Gasteiger partial charge in [-0.05, 0) is 217 Å². The van der Waals surface area contributed by atoms with E-state index >= 15 is 0 Å². The van der Waals surface area contributed by atoms with Gasteiger partial charge in [0.2, 0.25) is 5.91 Å². The molecule has 103 heavy (non-hydrogen) atoms. The van der Waals surface area contributed by atoms with Crippen molar-refractivity contribution in [3.8, 4) is 62.0 Å². The molecule has 3 aromatic heterocycles. The number of hydrogen-bond acceptors (Lipinski definition) is 9. The summed E-state index contributed by atoms with van der Waals surface area (Å²) >= 11 is 0. The molecule has 15 nitrogen and oxygen atoms in total. The van der Waals surface area contributed by atoms with E-state index in [1.54, 1.807) is 0 Å². The molecule has 15 heteroatoms. The van der Waals surface area contributed by atoms with Crippen molar-refractivity contribution in [3.05, 3.63) is 276 Å². The fourth-order valence-electron chi connectivity index (χ4n) is 16.6. The molecule has 3 aliphatic rings. The number of hydrogen-bond donors (Lipinski definition) is 4. The molecule has 0 atom stereocenters. The molecular weight excluding hydrogens is 1270 g/mol. The highest BCUT2D eigenvalue weighted by molar-refractivity contribution is 5.93. The lowest BCUT2D eigenvalue weighted by atomic mass is 9.78. The Morgan fingerprint density at radius 2 is 0.883 bits per heavy atom. The molecule has 12 aromatic rings. The maximum absolute atomic E-state index is 12.2. The van der Waals surface area contributed by atoms with Crippen LogP contribution in [0.4, 0.5) is 33.2 Å². The average molecular weight is 1360 g/mol. The van der Waals surface area contributed by atoms with Crippen LogP contribution in [0.5, 0.6) is 0 Å². The Kier molecular flexibility index (Phi) is 17.1. The standard InChI is InChI=1S/C88H91N13O2/c1-50(2)69-19-14-15-20-77(69)96-44-71-74(47-96)95-101(85(71)62-28-34-68(35-29-62)92-87(91)103)82-57(10)39-65(40-58(82)11)64-30-36-78(70(41-64)51(3)4)97-45-72-75(48-97)94-100(84(72)61-26-32-67(89)33-27-61)81-55(8)37-59(38-56(81)9)43-88(12,13)66-31-21-52(5)79(42-66)98-46-73-76(49-98)93-99(80-53(6)17-16-18-54(80)7)83(73)60-22-24-63(25-23-60)86(90)102/h14-42,50-51H,43-49,89H2,1-13H3,(H2,90,102)(H3,91,92,103). The van der Waals surface area contributed by atoms with Crippen molar-refractivity contribution in [2.75, 3.05) is 25.8 Å². The molecule has 0 aliphatic carbocycles. The van der Waals surface area contributed by atoms with Crippen molar-refractivity contribution in [1.29, 1.82) is 0 Å². The summed E-state index contributed by atoms with van der Waals surface area (Å²) in [7, 11) is 0. The Labute approximate surface area is 604 Å². The number of aryl methyl sites for hydroxylation is 7. The minimum absolute atomic E-state index is 0.219. The van der Waals surface area contributed by atoms with E-state index in [0.717, 1.165) is 114 Å². The third-order valence-electron chi connectivity index (χ3n) is 21.6. The summed E-state index contributed by atoms with van der Waals surface area (Å²) in [6.45, 7) is 33.3. The van der Waals surface area contributed by atoms with Gasteiger partial charge in [-0.25, -0.2) is 18.8 Å². The molecule has 520 valence electrons. The number of fused-ring (bicyclic) bond motifs is 3. The van der Waals surface area contributed by atoms with Gasteiger partial charge >= 0.3 is 6.03 Å². The highest BCUT2D eigenvalue weighted by Gasteiger charge is 2.36. The summed E-state index contributed by atoms with van der Waals surface area (Å²) in [6, 6.07) is 61.7. The monoisotopic (exact) mass is 1360 g/mol. The lowest BCUT2D eigenvalue weighted by molar-refractivity contribution is 0.1000. The van der Waals surface area contributed by atoms with Crippen LogP contribution in [0.1, 0.15) is 159 Å². The number of nitrogens with two attached hydrogens (primary N) is 3. The number of amides is 3. The largest absolute Gasteiger partial charge is 0.399 e. The molecule has 0 saturated carbocycles. The molecular formula is C88H91N13O2. The fraction of sp³-hybridized carbons (Fsp3) is 0.261. The lowest BCUT2D eigenvalue weighted by Gasteiger charge is -2.29. The molecule has 0 fully saturated rings. The zero-order chi connectivity index (χ0) is 72.2. The van der Waals surface area contributed by atoms with Crippen LogP contribution in [0, 0.1) is 48.5 Å². The summed E-state index contributed by atoms with van der Waals surface area (Å²) in [5, 5.41) is 19.2. The van der Waals surface area contributed by atoms with E-state index < -0.39 is 11.9 Å². The summed E-state index contributed by atoms with van der Waals surface area (Å²) in [5.41, 5.74) is 54.8. The van der Waals surface area contributed by atoms with E-state index in [0.29, 0.717) is 49.9 Å². The Bertz CT molecular complexity index is 5310. The average Bonchev–Trinajstić information content (AvgIpc) is 1.61. The van der Waals surface area contributed by atoms with Crippen LogP contribution in [0.2, 0.25) is 0 Å². The molecule has 9 aromatic carbocycles. The van der Waals surface area contributed by atoms with Gasteiger partial charge in [0.05, 0.1) is 70.9 Å². The Balaban J connectivity index is 0.698. The smallest absolute Gasteiger partial charge is 0.316 e. The summed E-state index contributed by atoms with van der Waals surface area (Å²) in [5.74, 6) is 0.170. The zero-order valence-electron chi connectivity index (χ0n) is 61.4. The number of primary amides is 2. The number of anilines is 5. The van der Waals surface area contributed by atoms with Gasteiger partial charge in [-0.3, -0.25) is 4.79 Å². The van der Waals surface area contributed by atoms with E-state index in [-0.39, 0.29) is 11.3 Å². The fourth-order valence-corrected chi connectivity index (χ4v) is 16.6. The van der Waals surface area contributed by atoms with Gasteiger partial charge in [0.25, 0.3) is 0 Å². The number of benzene rings is 9. The van der Waals surface area contributed by atoms with Gasteiger partial charge in [0.1, 0.15) is 0 Å². The first-order valence-electron chi connectivity index (χ1n) is 36.0. The van der Waals surface area contributed by atoms with Gasteiger partial charge in [-0.1, -0.05) is 145 Å². The minimum atomic E-state index is -0.597. The minimum Gasteiger partial charge on any atom is -0.399 e. The number of para-hydroxylation sites is 2. The first-order valence-corrected chi connectivity index (χ1v) is 36.0. The SMILES string of the molecule is Cc1ccc(C(C)(C)Cc2cc(C)c(-n3nc4c(c3-c3ccc(N)cc3)CN(c3ccc(-c5cc(C)c(-n6nc7c(c6-c6ccc(NC(N)=O)cc6)CN(c6ccccc6C(C)C)C7)c(C)c5)cc3C(C)C)C4)c(C)c2)cc1N1Cc2nn(-c3c(C)cccc3C)c(-c3ccc(C(N)=O)cc3)c2C1. The van der Waals surface area contributed by atoms with Crippen LogP contribution in [0.3, 0.4) is 0 Å². The molecule has 6 heterocycles. The number of nitrogens with zero attached hydrogens (tertiary/aromatic N) is 9. The number of carbonyl (C=O) groups excluding carboxylic acids is 2. The molecule has 15 rings (SSSR count). The first kappa shape index (κ1) is 67.4. The summed E-state index contributed by atoms with van der Waals surface area (Å²) in [4.78, 5) is 31.5. The predicted octanol–water partition coefficient (Wildman–Crippen LogP) is 18.6. The van der Waals surface area contributed by atoms with Crippen molar-refractivity contribution in [3.63, 3.8) is 0 Å². The second-order valence-electron chi connectivity index (χ2n) is 30.2. The highest BCUT2D eigenvalue weighted by atomic mass is 16.2. The third kappa shape index (κ3) is 12.3. The zero-order valence-corrected chi connectivity index (χ0v) is 61.4. The summed E-state index contributed by atoms with van der Waals surface area (Å²) in [6.07, 6.45) is 0.834. The molecule has 0 radical (unpaired) electrons. The van der Waals surface area contributed by atoms with Crippen LogP contribution in [-0.4, -0.2) is 41.3 Å². The van der Waals surface area contributed by atoms with Gasteiger partial charge < -0.3 is 37.2 Å². The highest BCUT2D eigenvalue weighted by Crippen LogP contribution is 2.46. The van der Waals surface area contributed by atoms with Crippen LogP contribution in [0.15, 0.2) is 176 Å². The van der Waals surface area contributed by atoms with Gasteiger partial charge in [-0.15, -0.1) is 0 Å². The molecule has 3 aliphatic heterocycles. The quantitative estimate of drug-likeness (QED) is 0.0644. The molecule has 0 unspecified atom stereocenters. The van der Waals surface area contributed by atoms with E-state index in [4.69, 9.17) is 32.5 Å². The normalized spacial score (nSPS) is 13.4. The molecule has 0 bridgehead atoms. The maximum Gasteiger partial charge on any atom is 0.316 e. The van der Waals surface area contributed by atoms with E-state index in [9.17, 15) is 9.59 Å². The van der Waals surface area contributed by atoms with Gasteiger partial charge in [-0.2, -0.15) is 15.3 Å². The Morgan fingerprint density at radius 1 is 0.437 bits per heavy atom. The summed E-state index contributed by atoms with van der Waals surface area (Å²) < 4.78 is 6.50.